The molecule has 0 aliphatic carbocycles. The fourth-order valence-electron chi connectivity index (χ4n) is 2.91. The topological polar surface area (TPSA) is 117 Å². The molecule has 174 valence electrons. The molecule has 0 saturated heterocycles. The van der Waals surface area contributed by atoms with Crippen LogP contribution in [0.4, 0.5) is 31.9 Å². The van der Waals surface area contributed by atoms with Crippen LogP contribution in [0.1, 0.15) is 5.56 Å². The number of carbonyl (C=O) groups excluding carboxylic acids is 1. The van der Waals surface area contributed by atoms with Gasteiger partial charge in [0.25, 0.3) is 0 Å². The smallest absolute Gasteiger partial charge is 0.247 e. The van der Waals surface area contributed by atoms with Crippen LogP contribution < -0.4 is 21.7 Å². The van der Waals surface area contributed by atoms with Crippen LogP contribution in [-0.4, -0.2) is 29.1 Å². The Bertz CT molecular complexity index is 1290. The Labute approximate surface area is 195 Å². The third kappa shape index (κ3) is 5.80. The number of nitrogens with zero attached hydrogens (tertiary/aromatic N) is 3. The van der Waals surface area contributed by atoms with E-state index in [9.17, 15) is 13.6 Å². The lowest BCUT2D eigenvalue weighted by molar-refractivity contribution is -0.111. The summed E-state index contributed by atoms with van der Waals surface area (Å²) in [5, 5.41) is 8.39. The maximum atomic E-state index is 14.6. The van der Waals surface area contributed by atoms with Crippen molar-refractivity contribution in [2.45, 2.75) is 6.92 Å². The van der Waals surface area contributed by atoms with Crippen LogP contribution in [0.2, 0.25) is 0 Å². The lowest BCUT2D eigenvalue weighted by atomic mass is 10.1. The molecule has 0 unspecified atom stereocenters. The van der Waals surface area contributed by atoms with Gasteiger partial charge < -0.3 is 21.7 Å². The van der Waals surface area contributed by atoms with Gasteiger partial charge in [0.2, 0.25) is 11.9 Å². The SMILES string of the molecule is C=CC(=O)Nc1ccc(F)c(Nc2nc(NC(C=NC)=CN)ncc2-c2ccc(C)c(F)c2)c1. The van der Waals surface area contributed by atoms with Gasteiger partial charge >= 0.3 is 0 Å². The third-order valence-electron chi connectivity index (χ3n) is 4.65. The molecule has 2 aromatic carbocycles. The van der Waals surface area contributed by atoms with Gasteiger partial charge in [-0.25, -0.2) is 13.8 Å². The summed E-state index contributed by atoms with van der Waals surface area (Å²) in [6.45, 7) is 5.05. The standard InChI is InChI=1S/C24H23F2N7O/c1-4-22(34)30-16-7-8-19(25)21(10-16)32-23-18(15-6-5-14(2)20(26)9-15)13-29-24(33-23)31-17(11-27)12-28-3/h4-13H,1,27H2,2-3H3,(H,30,34)(H2,29,31,32,33). The highest BCUT2D eigenvalue weighted by Crippen LogP contribution is 2.32. The third-order valence-corrected chi connectivity index (χ3v) is 4.65. The number of hydrogen-bond acceptors (Lipinski definition) is 7. The summed E-state index contributed by atoms with van der Waals surface area (Å²) in [6.07, 6.45) is 5.34. The van der Waals surface area contributed by atoms with E-state index in [2.05, 4.69) is 37.5 Å². The summed E-state index contributed by atoms with van der Waals surface area (Å²) in [7, 11) is 1.58. The fraction of sp³-hybridized carbons (Fsp3) is 0.0833. The van der Waals surface area contributed by atoms with E-state index in [4.69, 9.17) is 5.73 Å². The summed E-state index contributed by atoms with van der Waals surface area (Å²) < 4.78 is 28.9. The first-order valence-corrected chi connectivity index (χ1v) is 10.1. The first-order valence-electron chi connectivity index (χ1n) is 10.1. The van der Waals surface area contributed by atoms with Crippen molar-refractivity contribution in [3.8, 4) is 11.1 Å². The van der Waals surface area contributed by atoms with Crippen molar-refractivity contribution in [2.75, 3.05) is 23.0 Å². The molecule has 8 nitrogen and oxygen atoms in total. The maximum absolute atomic E-state index is 14.6. The Hall–Kier alpha value is -4.60. The molecule has 10 heteroatoms. The largest absolute Gasteiger partial charge is 0.403 e. The zero-order valence-corrected chi connectivity index (χ0v) is 18.6. The Kier molecular flexibility index (Phi) is 7.65. The number of nitrogens with two attached hydrogens (primary N) is 1. The van der Waals surface area contributed by atoms with Crippen molar-refractivity contribution in [2.24, 2.45) is 10.7 Å². The molecule has 1 amide bonds. The Morgan fingerprint density at radius 1 is 1.15 bits per heavy atom. The van der Waals surface area contributed by atoms with E-state index < -0.39 is 17.5 Å². The predicted molar refractivity (Wildman–Crippen MR) is 131 cm³/mol. The Morgan fingerprint density at radius 3 is 2.62 bits per heavy atom. The minimum Gasteiger partial charge on any atom is -0.403 e. The molecule has 0 fully saturated rings. The lowest BCUT2D eigenvalue weighted by Crippen LogP contribution is -2.10. The number of amides is 1. The van der Waals surface area contributed by atoms with Crippen LogP contribution in [0.3, 0.4) is 0 Å². The summed E-state index contributed by atoms with van der Waals surface area (Å²) >= 11 is 0. The normalized spacial score (nSPS) is 11.4. The number of aliphatic imine (C=N–C) groups is 1. The second-order valence-corrected chi connectivity index (χ2v) is 7.07. The maximum Gasteiger partial charge on any atom is 0.247 e. The molecule has 0 radical (unpaired) electrons. The lowest BCUT2D eigenvalue weighted by Gasteiger charge is -2.15. The van der Waals surface area contributed by atoms with Crippen LogP contribution >= 0.6 is 0 Å². The number of aromatic nitrogens is 2. The molecule has 3 rings (SSSR count). The fourth-order valence-corrected chi connectivity index (χ4v) is 2.91. The van der Waals surface area contributed by atoms with Gasteiger partial charge in [0, 0.05) is 36.9 Å². The van der Waals surface area contributed by atoms with Crippen LogP contribution in [-0.2, 0) is 4.79 Å². The van der Waals surface area contributed by atoms with Crippen LogP contribution in [0, 0.1) is 18.6 Å². The average molecular weight is 463 g/mol. The molecule has 0 aliphatic rings. The molecule has 0 saturated carbocycles. The zero-order valence-electron chi connectivity index (χ0n) is 18.6. The molecule has 1 aromatic heterocycles. The summed E-state index contributed by atoms with van der Waals surface area (Å²) in [4.78, 5) is 24.2. The number of halogens is 2. The van der Waals surface area contributed by atoms with Gasteiger partial charge in [-0.15, -0.1) is 0 Å². The summed E-state index contributed by atoms with van der Waals surface area (Å²) in [6, 6.07) is 8.69. The number of anilines is 4. The van der Waals surface area contributed by atoms with E-state index >= 15 is 0 Å². The minimum absolute atomic E-state index is 0.0325. The predicted octanol–water partition coefficient (Wildman–Crippen LogP) is 4.51. The van der Waals surface area contributed by atoms with E-state index in [1.165, 1.54) is 42.9 Å². The highest BCUT2D eigenvalue weighted by Gasteiger charge is 2.14. The van der Waals surface area contributed by atoms with Crippen LogP contribution in [0.25, 0.3) is 11.1 Å². The number of benzene rings is 2. The second kappa shape index (κ2) is 10.8. The van der Waals surface area contributed by atoms with E-state index in [0.717, 1.165) is 6.08 Å². The van der Waals surface area contributed by atoms with Gasteiger partial charge in [0.1, 0.15) is 17.5 Å². The van der Waals surface area contributed by atoms with Crippen molar-refractivity contribution in [3.05, 3.63) is 84.3 Å². The van der Waals surface area contributed by atoms with E-state index in [1.807, 2.05) is 0 Å². The first-order chi connectivity index (χ1) is 16.3. The van der Waals surface area contributed by atoms with Gasteiger partial charge in [-0.1, -0.05) is 18.7 Å². The number of carbonyl (C=O) groups is 1. The van der Waals surface area contributed by atoms with Crippen molar-refractivity contribution in [1.82, 2.24) is 9.97 Å². The van der Waals surface area contributed by atoms with Crippen molar-refractivity contribution < 1.29 is 13.6 Å². The second-order valence-electron chi connectivity index (χ2n) is 7.07. The van der Waals surface area contributed by atoms with Crippen molar-refractivity contribution in [3.63, 3.8) is 0 Å². The molecular formula is C24H23F2N7O. The van der Waals surface area contributed by atoms with Gasteiger partial charge in [-0.05, 0) is 48.4 Å². The molecular weight excluding hydrogens is 440 g/mol. The van der Waals surface area contributed by atoms with Crippen molar-refractivity contribution in [1.29, 1.82) is 0 Å². The highest BCUT2D eigenvalue weighted by molar-refractivity contribution is 5.99. The van der Waals surface area contributed by atoms with Gasteiger partial charge in [-0.2, -0.15) is 4.98 Å². The van der Waals surface area contributed by atoms with Gasteiger partial charge in [-0.3, -0.25) is 9.79 Å². The Morgan fingerprint density at radius 2 is 1.94 bits per heavy atom. The van der Waals surface area contributed by atoms with Gasteiger partial charge in [0.05, 0.1) is 11.4 Å². The molecule has 0 bridgehead atoms. The molecule has 3 aromatic rings. The molecule has 0 spiro atoms. The number of hydrogen-bond donors (Lipinski definition) is 4. The van der Waals surface area contributed by atoms with Gasteiger partial charge in [0.15, 0.2) is 0 Å². The van der Waals surface area contributed by atoms with E-state index in [-0.39, 0.29) is 17.5 Å². The summed E-state index contributed by atoms with van der Waals surface area (Å²) in [5.74, 6) is -1.10. The molecule has 5 N–H and O–H groups in total. The van der Waals surface area contributed by atoms with Crippen molar-refractivity contribution >= 4 is 35.3 Å². The number of rotatable bonds is 8. The first kappa shape index (κ1) is 24.1. The monoisotopic (exact) mass is 463 g/mol. The molecule has 1 heterocycles. The molecule has 34 heavy (non-hydrogen) atoms. The minimum atomic E-state index is -0.591. The average Bonchev–Trinajstić information content (AvgIpc) is 2.83. The number of nitrogens with one attached hydrogen (secondary N) is 3. The van der Waals surface area contributed by atoms with E-state index in [0.29, 0.717) is 28.1 Å². The van der Waals surface area contributed by atoms with Crippen LogP contribution in [0.5, 0.6) is 0 Å². The molecule has 0 atom stereocenters. The highest BCUT2D eigenvalue weighted by atomic mass is 19.1. The Balaban J connectivity index is 2.07. The van der Waals surface area contributed by atoms with Crippen LogP contribution in [0.15, 0.2) is 72.1 Å². The number of aryl methyl sites for hydroxylation is 1. The molecule has 0 aliphatic heterocycles. The quantitative estimate of drug-likeness (QED) is 0.288. The number of allylic oxidation sites excluding steroid dienone is 1. The summed E-state index contributed by atoms with van der Waals surface area (Å²) in [5.41, 5.74) is 7.78. The zero-order chi connectivity index (χ0) is 24.7. The van der Waals surface area contributed by atoms with E-state index in [1.54, 1.807) is 26.1 Å².